The van der Waals surface area contributed by atoms with Crippen LogP contribution in [-0.4, -0.2) is 30.5 Å². The summed E-state index contributed by atoms with van der Waals surface area (Å²) in [5, 5.41) is 0.876. The third-order valence-electron chi connectivity index (χ3n) is 5.03. The van der Waals surface area contributed by atoms with E-state index in [0.29, 0.717) is 29.7 Å². The van der Waals surface area contributed by atoms with Crippen LogP contribution in [0.2, 0.25) is 0 Å². The van der Waals surface area contributed by atoms with Crippen LogP contribution in [0.4, 0.5) is 0 Å². The molecule has 5 nitrogen and oxygen atoms in total. The van der Waals surface area contributed by atoms with Crippen molar-refractivity contribution >= 4 is 16.9 Å². The minimum Gasteiger partial charge on any atom is -0.497 e. The molecule has 5 heteroatoms. The van der Waals surface area contributed by atoms with Crippen LogP contribution in [0.3, 0.4) is 0 Å². The molecule has 1 amide bonds. The Morgan fingerprint density at radius 2 is 2.00 bits per heavy atom. The second kappa shape index (κ2) is 9.58. The van der Waals surface area contributed by atoms with Gasteiger partial charge in [0.1, 0.15) is 11.3 Å². The lowest BCUT2D eigenvalue weighted by Crippen LogP contribution is -2.38. The maximum absolute atomic E-state index is 12.7. The van der Waals surface area contributed by atoms with E-state index in [1.165, 1.54) is 0 Å². The first-order valence-electron chi connectivity index (χ1n) is 9.78. The number of carbonyl (C=O) groups excluding carboxylic acids is 1. The number of fused-ring (bicyclic) bond motifs is 1. The summed E-state index contributed by atoms with van der Waals surface area (Å²) in [7, 11) is 1.58. The van der Waals surface area contributed by atoms with Gasteiger partial charge in [0.15, 0.2) is 0 Å². The van der Waals surface area contributed by atoms with E-state index >= 15 is 0 Å². The lowest BCUT2D eigenvalue weighted by Gasteiger charge is -2.27. The van der Waals surface area contributed by atoms with E-state index in [0.717, 1.165) is 36.8 Å². The molecule has 0 aliphatic carbocycles. The third kappa shape index (κ3) is 5.12. The van der Waals surface area contributed by atoms with Gasteiger partial charge in [-0.2, -0.15) is 0 Å². The highest BCUT2D eigenvalue weighted by atomic mass is 16.5. The molecule has 0 bridgehead atoms. The van der Waals surface area contributed by atoms with Crippen LogP contribution in [0.1, 0.15) is 57.6 Å². The topological polar surface area (TPSA) is 59.8 Å². The summed E-state index contributed by atoms with van der Waals surface area (Å²) in [5.41, 5.74) is 1.59. The first-order valence-corrected chi connectivity index (χ1v) is 9.78. The van der Waals surface area contributed by atoms with E-state index in [1.807, 2.05) is 37.8 Å². The summed E-state index contributed by atoms with van der Waals surface area (Å²) in [6.07, 6.45) is 3.97. The van der Waals surface area contributed by atoms with Crippen molar-refractivity contribution in [2.24, 2.45) is 0 Å². The Balaban J connectivity index is 2.18. The number of carbonyl (C=O) groups is 1. The Hall–Kier alpha value is -2.30. The molecule has 1 aromatic carbocycles. The fraction of sp³-hybridized carbons (Fsp3) is 0.545. The summed E-state index contributed by atoms with van der Waals surface area (Å²) < 4.78 is 10.7. The zero-order chi connectivity index (χ0) is 20.0. The molecule has 0 aliphatic rings. The second-order valence-corrected chi connectivity index (χ2v) is 7.24. The smallest absolute Gasteiger partial charge is 0.339 e. The van der Waals surface area contributed by atoms with Gasteiger partial charge in [-0.25, -0.2) is 4.79 Å². The molecular weight excluding hydrogens is 342 g/mol. The fourth-order valence-electron chi connectivity index (χ4n) is 3.37. The highest BCUT2D eigenvalue weighted by Gasteiger charge is 2.19. The van der Waals surface area contributed by atoms with Crippen LogP contribution >= 0.6 is 0 Å². The highest BCUT2D eigenvalue weighted by Crippen LogP contribution is 2.24. The average molecular weight is 373 g/mol. The van der Waals surface area contributed by atoms with E-state index < -0.39 is 0 Å². The summed E-state index contributed by atoms with van der Waals surface area (Å²) in [4.78, 5) is 27.1. The molecule has 1 aromatic heterocycles. The minimum atomic E-state index is -0.372. The third-order valence-corrected chi connectivity index (χ3v) is 5.03. The molecule has 0 saturated carbocycles. The lowest BCUT2D eigenvalue weighted by molar-refractivity contribution is -0.132. The first kappa shape index (κ1) is 21.0. The standard InChI is InChI=1S/C22H31NO4/c1-6-7-8-13-23(15(2)3)21(24)12-11-19-16(4)18-10-9-17(26-5)14-20(18)27-22(19)25/h9-10,14-15H,6-8,11-13H2,1-5H3. The van der Waals surface area contributed by atoms with Crippen molar-refractivity contribution in [3.63, 3.8) is 0 Å². The molecule has 2 aromatic rings. The number of unbranched alkanes of at least 4 members (excludes halogenated alkanes) is 2. The van der Waals surface area contributed by atoms with Crippen molar-refractivity contribution in [3.8, 4) is 5.75 Å². The van der Waals surface area contributed by atoms with Crippen molar-refractivity contribution in [1.82, 2.24) is 4.90 Å². The Bertz CT molecular complexity index is 838. The number of aryl methyl sites for hydroxylation is 1. The minimum absolute atomic E-state index is 0.0923. The molecule has 2 rings (SSSR count). The fourth-order valence-corrected chi connectivity index (χ4v) is 3.37. The van der Waals surface area contributed by atoms with Crippen LogP contribution in [0.5, 0.6) is 5.75 Å². The first-order chi connectivity index (χ1) is 12.9. The van der Waals surface area contributed by atoms with Crippen molar-refractivity contribution in [3.05, 3.63) is 39.7 Å². The van der Waals surface area contributed by atoms with E-state index in [4.69, 9.17) is 9.15 Å². The number of amides is 1. The van der Waals surface area contributed by atoms with Crippen LogP contribution in [0.25, 0.3) is 11.0 Å². The van der Waals surface area contributed by atoms with Gasteiger partial charge >= 0.3 is 5.63 Å². The van der Waals surface area contributed by atoms with Gasteiger partial charge in [0, 0.05) is 36.0 Å². The van der Waals surface area contributed by atoms with Crippen molar-refractivity contribution in [1.29, 1.82) is 0 Å². The molecule has 1 heterocycles. The Labute approximate surface area is 161 Å². The Morgan fingerprint density at radius 3 is 2.63 bits per heavy atom. The van der Waals surface area contributed by atoms with Crippen LogP contribution in [-0.2, 0) is 11.2 Å². The average Bonchev–Trinajstić information content (AvgIpc) is 2.64. The van der Waals surface area contributed by atoms with Gasteiger partial charge in [-0.3, -0.25) is 4.79 Å². The number of nitrogens with zero attached hydrogens (tertiary/aromatic N) is 1. The maximum atomic E-state index is 12.7. The van der Waals surface area contributed by atoms with E-state index in [9.17, 15) is 9.59 Å². The van der Waals surface area contributed by atoms with Gasteiger partial charge in [0.25, 0.3) is 0 Å². The zero-order valence-corrected chi connectivity index (χ0v) is 17.1. The summed E-state index contributed by atoms with van der Waals surface area (Å²) in [5.74, 6) is 0.738. The predicted octanol–water partition coefficient (Wildman–Crippen LogP) is 4.47. The van der Waals surface area contributed by atoms with Crippen LogP contribution in [0, 0.1) is 6.92 Å². The number of benzene rings is 1. The van der Waals surface area contributed by atoms with E-state index in [1.54, 1.807) is 13.2 Å². The number of ether oxygens (including phenoxy) is 1. The molecular formula is C22H31NO4. The highest BCUT2D eigenvalue weighted by molar-refractivity contribution is 5.82. The second-order valence-electron chi connectivity index (χ2n) is 7.24. The molecule has 0 unspecified atom stereocenters. The van der Waals surface area contributed by atoms with Crippen LogP contribution < -0.4 is 10.4 Å². The van der Waals surface area contributed by atoms with Gasteiger partial charge in [-0.15, -0.1) is 0 Å². The molecule has 0 saturated heterocycles. The van der Waals surface area contributed by atoms with Gasteiger partial charge in [0.2, 0.25) is 5.91 Å². The molecule has 0 N–H and O–H groups in total. The molecule has 27 heavy (non-hydrogen) atoms. The monoisotopic (exact) mass is 373 g/mol. The number of methoxy groups -OCH3 is 1. The maximum Gasteiger partial charge on any atom is 0.339 e. The van der Waals surface area contributed by atoms with Crippen LogP contribution in [0.15, 0.2) is 27.4 Å². The quantitative estimate of drug-likeness (QED) is 0.481. The van der Waals surface area contributed by atoms with Crippen molar-refractivity contribution < 1.29 is 13.9 Å². The summed E-state index contributed by atoms with van der Waals surface area (Å²) in [6.45, 7) is 8.90. The number of rotatable bonds is 9. The van der Waals surface area contributed by atoms with Crippen molar-refractivity contribution in [2.45, 2.75) is 65.8 Å². The molecule has 0 fully saturated rings. The lowest BCUT2D eigenvalue weighted by atomic mass is 10.0. The zero-order valence-electron chi connectivity index (χ0n) is 17.1. The van der Waals surface area contributed by atoms with Crippen molar-refractivity contribution in [2.75, 3.05) is 13.7 Å². The Morgan fingerprint density at radius 1 is 1.26 bits per heavy atom. The van der Waals surface area contributed by atoms with Gasteiger partial charge in [0.05, 0.1) is 7.11 Å². The normalized spacial score (nSPS) is 11.2. The van der Waals surface area contributed by atoms with E-state index in [-0.39, 0.29) is 17.6 Å². The van der Waals surface area contributed by atoms with Gasteiger partial charge < -0.3 is 14.1 Å². The van der Waals surface area contributed by atoms with E-state index in [2.05, 4.69) is 6.92 Å². The van der Waals surface area contributed by atoms with Gasteiger partial charge in [-0.1, -0.05) is 19.8 Å². The predicted molar refractivity (Wildman–Crippen MR) is 108 cm³/mol. The molecule has 148 valence electrons. The largest absolute Gasteiger partial charge is 0.497 e. The summed E-state index contributed by atoms with van der Waals surface area (Å²) >= 11 is 0. The van der Waals surface area contributed by atoms with Gasteiger partial charge in [-0.05, 0) is 51.3 Å². The Kier molecular flexibility index (Phi) is 7.45. The molecule has 0 spiro atoms. The number of hydrogen-bond donors (Lipinski definition) is 0. The molecule has 0 aliphatic heterocycles. The SMILES string of the molecule is CCCCCN(C(=O)CCc1c(C)c2ccc(OC)cc2oc1=O)C(C)C. The summed E-state index contributed by atoms with van der Waals surface area (Å²) in [6, 6.07) is 5.62. The number of hydrogen-bond acceptors (Lipinski definition) is 4. The molecule has 0 atom stereocenters. The molecule has 0 radical (unpaired) electrons.